The predicted octanol–water partition coefficient (Wildman–Crippen LogP) is 5.36. The van der Waals surface area contributed by atoms with Crippen LogP contribution in [0.15, 0.2) is 30.6 Å². The lowest BCUT2D eigenvalue weighted by molar-refractivity contribution is 0.122. The zero-order valence-corrected chi connectivity index (χ0v) is 22.3. The summed E-state index contributed by atoms with van der Waals surface area (Å²) in [5, 5.41) is 0.109. The van der Waals surface area contributed by atoms with Crippen LogP contribution >= 0.6 is 0 Å². The zero-order chi connectivity index (χ0) is 24.3. The average molecular weight is 487 g/mol. The molecule has 6 nitrogen and oxygen atoms in total. The second-order valence-corrected chi connectivity index (χ2v) is 15.8. The molecule has 2 saturated heterocycles. The van der Waals surface area contributed by atoms with Gasteiger partial charge in [-0.2, -0.15) is 0 Å². The number of rotatable bonds is 6. The van der Waals surface area contributed by atoms with Gasteiger partial charge < -0.3 is 19.0 Å². The number of ether oxygens (including phenoxy) is 1. The molecule has 0 radical (unpaired) electrons. The molecule has 2 aliphatic heterocycles. The minimum Gasteiger partial charge on any atom is -0.412 e. The number of benzene rings is 1. The molecule has 0 bridgehead atoms. The number of aromatic nitrogens is 2. The third-order valence-corrected chi connectivity index (χ3v) is 12.2. The first-order chi connectivity index (χ1) is 16.2. The lowest BCUT2D eigenvalue weighted by Gasteiger charge is -2.36. The molecule has 0 N–H and O–H groups in total. The fraction of sp³-hybridized carbons (Fsp3) is 0.615. The molecule has 3 heterocycles. The lowest BCUT2D eigenvalue weighted by atomic mass is 9.88. The Bertz CT molecular complexity index is 950. The molecular weight excluding hydrogens is 447 g/mol. The van der Waals surface area contributed by atoms with Crippen LogP contribution in [0.2, 0.25) is 18.1 Å². The molecule has 34 heavy (non-hydrogen) atoms. The van der Waals surface area contributed by atoms with Gasteiger partial charge in [0.25, 0.3) is 0 Å². The molecule has 4 rings (SSSR count). The zero-order valence-electron chi connectivity index (χ0n) is 21.3. The second-order valence-electron chi connectivity index (χ2n) is 11.0. The summed E-state index contributed by atoms with van der Waals surface area (Å²) >= 11 is 0. The van der Waals surface area contributed by atoms with E-state index in [1.165, 1.54) is 0 Å². The highest BCUT2D eigenvalue weighted by Gasteiger charge is 2.37. The maximum atomic E-state index is 15.5. The minimum absolute atomic E-state index is 0.0853. The van der Waals surface area contributed by atoms with Crippen molar-refractivity contribution >= 4 is 20.0 Å². The predicted molar refractivity (Wildman–Crippen MR) is 138 cm³/mol. The summed E-state index contributed by atoms with van der Waals surface area (Å²) in [6.07, 6.45) is 5.65. The molecule has 0 spiro atoms. The molecule has 0 saturated carbocycles. The van der Waals surface area contributed by atoms with Crippen molar-refractivity contribution in [3.63, 3.8) is 0 Å². The van der Waals surface area contributed by atoms with Crippen LogP contribution in [-0.4, -0.2) is 57.7 Å². The van der Waals surface area contributed by atoms with Crippen LogP contribution in [0.3, 0.4) is 0 Å². The summed E-state index contributed by atoms with van der Waals surface area (Å²) in [6, 6.07) is 5.80. The van der Waals surface area contributed by atoms with Crippen LogP contribution in [0.5, 0.6) is 0 Å². The first kappa shape index (κ1) is 25.1. The summed E-state index contributed by atoms with van der Waals surface area (Å²) in [4.78, 5) is 13.6. The van der Waals surface area contributed by atoms with E-state index in [1.54, 1.807) is 0 Å². The van der Waals surface area contributed by atoms with Crippen LogP contribution in [0, 0.1) is 5.82 Å². The van der Waals surface area contributed by atoms with Gasteiger partial charge >= 0.3 is 0 Å². The van der Waals surface area contributed by atoms with E-state index in [4.69, 9.17) is 9.16 Å². The Kier molecular flexibility index (Phi) is 7.59. The van der Waals surface area contributed by atoms with Crippen molar-refractivity contribution in [3.8, 4) is 0 Å². The molecule has 1 aromatic heterocycles. The van der Waals surface area contributed by atoms with Gasteiger partial charge in [0.15, 0.2) is 8.32 Å². The standard InChI is InChI=1S/C26H39FN4O2Si/c1-26(2,3)34(4,5)33-19-21-7-6-8-23(24(21)27)20-9-11-30(12-10-20)22-17-28-25(29-18-22)31-13-15-32-16-14-31/h6-8,17-18,20H,9-16,19H2,1-5H3. The summed E-state index contributed by atoms with van der Waals surface area (Å²) in [5.41, 5.74) is 2.54. The molecule has 0 atom stereocenters. The smallest absolute Gasteiger partial charge is 0.225 e. The SMILES string of the molecule is CC(C)(C)[Si](C)(C)OCc1cccc(C2CCN(c3cnc(N4CCOCC4)nc3)CC2)c1F. The number of halogens is 1. The van der Waals surface area contributed by atoms with Crippen molar-refractivity contribution in [1.82, 2.24) is 9.97 Å². The summed E-state index contributed by atoms with van der Waals surface area (Å²) < 4.78 is 27.2. The van der Waals surface area contributed by atoms with Crippen molar-refractivity contribution in [2.45, 2.75) is 64.3 Å². The van der Waals surface area contributed by atoms with Crippen LogP contribution in [0.1, 0.15) is 50.7 Å². The third kappa shape index (κ3) is 5.61. The highest BCUT2D eigenvalue weighted by atomic mass is 28.4. The Morgan fingerprint density at radius 1 is 1.03 bits per heavy atom. The van der Waals surface area contributed by atoms with E-state index in [-0.39, 0.29) is 16.8 Å². The minimum atomic E-state index is -1.92. The lowest BCUT2D eigenvalue weighted by Crippen LogP contribution is -2.40. The third-order valence-electron chi connectivity index (χ3n) is 7.72. The van der Waals surface area contributed by atoms with E-state index < -0.39 is 8.32 Å². The largest absolute Gasteiger partial charge is 0.412 e. The van der Waals surface area contributed by atoms with Gasteiger partial charge in [0.1, 0.15) is 5.82 Å². The Morgan fingerprint density at radius 3 is 2.29 bits per heavy atom. The summed E-state index contributed by atoms with van der Waals surface area (Å²) in [7, 11) is -1.92. The van der Waals surface area contributed by atoms with Crippen molar-refractivity contribution in [2.24, 2.45) is 0 Å². The highest BCUT2D eigenvalue weighted by Crippen LogP contribution is 2.38. The topological polar surface area (TPSA) is 50.7 Å². The van der Waals surface area contributed by atoms with Crippen molar-refractivity contribution in [2.75, 3.05) is 49.2 Å². The van der Waals surface area contributed by atoms with Gasteiger partial charge in [-0.3, -0.25) is 0 Å². The van der Waals surface area contributed by atoms with Gasteiger partial charge in [-0.05, 0) is 42.5 Å². The monoisotopic (exact) mass is 486 g/mol. The van der Waals surface area contributed by atoms with E-state index >= 15 is 4.39 Å². The normalized spacial score (nSPS) is 18.4. The quantitative estimate of drug-likeness (QED) is 0.513. The van der Waals surface area contributed by atoms with Crippen LogP contribution in [0.4, 0.5) is 16.0 Å². The van der Waals surface area contributed by atoms with Crippen molar-refractivity contribution in [1.29, 1.82) is 0 Å². The Hall–Kier alpha value is -2.03. The Labute approximate surface area is 204 Å². The first-order valence-corrected chi connectivity index (χ1v) is 15.4. The van der Waals surface area contributed by atoms with Gasteiger partial charge in [0.2, 0.25) is 5.95 Å². The van der Waals surface area contributed by atoms with E-state index in [0.29, 0.717) is 12.2 Å². The molecule has 0 aliphatic carbocycles. The molecule has 8 heteroatoms. The van der Waals surface area contributed by atoms with Crippen molar-refractivity contribution < 1.29 is 13.6 Å². The van der Waals surface area contributed by atoms with Gasteiger partial charge in [-0.1, -0.05) is 39.0 Å². The molecule has 0 amide bonds. The molecule has 2 aliphatic rings. The number of nitrogens with zero attached hydrogens (tertiary/aromatic N) is 4. The molecule has 0 unspecified atom stereocenters. The van der Waals surface area contributed by atoms with Crippen molar-refractivity contribution in [3.05, 3.63) is 47.5 Å². The van der Waals surface area contributed by atoms with E-state index in [2.05, 4.69) is 53.6 Å². The maximum Gasteiger partial charge on any atom is 0.225 e. The number of hydrogen-bond donors (Lipinski definition) is 0. The van der Waals surface area contributed by atoms with E-state index in [0.717, 1.165) is 69.4 Å². The van der Waals surface area contributed by atoms with Crippen LogP contribution < -0.4 is 9.80 Å². The molecule has 1 aromatic carbocycles. The maximum absolute atomic E-state index is 15.5. The Balaban J connectivity index is 1.36. The molecule has 186 valence electrons. The molecular formula is C26H39FN4O2Si. The van der Waals surface area contributed by atoms with Crippen LogP contribution in [0.25, 0.3) is 0 Å². The average Bonchev–Trinajstić information content (AvgIpc) is 2.83. The second kappa shape index (κ2) is 10.3. The summed E-state index contributed by atoms with van der Waals surface area (Å²) in [6.45, 7) is 16.2. The molecule has 2 fully saturated rings. The number of piperidine rings is 1. The van der Waals surface area contributed by atoms with Gasteiger partial charge in [-0.25, -0.2) is 14.4 Å². The van der Waals surface area contributed by atoms with E-state index in [1.807, 2.05) is 30.6 Å². The van der Waals surface area contributed by atoms with Crippen LogP contribution in [-0.2, 0) is 15.8 Å². The number of anilines is 2. The van der Waals surface area contributed by atoms with Gasteiger partial charge in [-0.15, -0.1) is 0 Å². The molecule has 2 aromatic rings. The number of hydrogen-bond acceptors (Lipinski definition) is 6. The van der Waals surface area contributed by atoms with E-state index in [9.17, 15) is 0 Å². The Morgan fingerprint density at radius 2 is 1.68 bits per heavy atom. The number of morpholine rings is 1. The van der Waals surface area contributed by atoms with Gasteiger partial charge in [0, 0.05) is 31.7 Å². The fourth-order valence-corrected chi connectivity index (χ4v) is 5.30. The first-order valence-electron chi connectivity index (χ1n) is 12.5. The van der Waals surface area contributed by atoms with Gasteiger partial charge in [0.05, 0.1) is 37.9 Å². The summed E-state index contributed by atoms with van der Waals surface area (Å²) in [5.74, 6) is 0.899. The fourth-order valence-electron chi connectivity index (χ4n) is 4.35. The highest BCUT2D eigenvalue weighted by molar-refractivity contribution is 6.74.